The molecule has 0 radical (unpaired) electrons. The molecule has 0 saturated heterocycles. The SMILES string of the molecule is C[C@@]12CCCC1C1CCC3C[C@@H](O)CCC3C1CC2. The van der Waals surface area contributed by atoms with Crippen LogP contribution in [0.3, 0.4) is 0 Å². The minimum absolute atomic E-state index is 0.0261. The largest absolute Gasteiger partial charge is 0.393 e. The first-order valence-corrected chi connectivity index (χ1v) is 8.85. The van der Waals surface area contributed by atoms with E-state index < -0.39 is 0 Å². The monoisotopic (exact) mass is 262 g/mol. The Morgan fingerprint density at radius 2 is 1.68 bits per heavy atom. The summed E-state index contributed by atoms with van der Waals surface area (Å²) in [4.78, 5) is 0. The third-order valence-electron chi connectivity index (χ3n) is 7.71. The van der Waals surface area contributed by atoms with Gasteiger partial charge < -0.3 is 5.11 Å². The smallest absolute Gasteiger partial charge is 0.0543 e. The van der Waals surface area contributed by atoms with Crippen LogP contribution in [0.15, 0.2) is 0 Å². The lowest BCUT2D eigenvalue weighted by atomic mass is 9.50. The summed E-state index contributed by atoms with van der Waals surface area (Å²) in [7, 11) is 0. The van der Waals surface area contributed by atoms with Crippen molar-refractivity contribution in [2.45, 2.75) is 77.2 Å². The van der Waals surface area contributed by atoms with E-state index in [1.807, 2.05) is 0 Å². The summed E-state index contributed by atoms with van der Waals surface area (Å²) in [6.45, 7) is 2.59. The molecule has 4 rings (SSSR count). The minimum Gasteiger partial charge on any atom is -0.393 e. The molecule has 4 aliphatic rings. The van der Waals surface area contributed by atoms with Crippen LogP contribution in [-0.4, -0.2) is 11.2 Å². The highest BCUT2D eigenvalue weighted by Crippen LogP contribution is 2.62. The zero-order chi connectivity index (χ0) is 13.0. The minimum atomic E-state index is 0.0261. The van der Waals surface area contributed by atoms with Crippen LogP contribution in [0.2, 0.25) is 0 Å². The van der Waals surface area contributed by atoms with Gasteiger partial charge in [-0.1, -0.05) is 13.3 Å². The molecule has 0 aromatic heterocycles. The average Bonchev–Trinajstić information content (AvgIpc) is 2.79. The topological polar surface area (TPSA) is 20.2 Å². The molecular weight excluding hydrogens is 232 g/mol. The van der Waals surface area contributed by atoms with E-state index in [1.54, 1.807) is 0 Å². The molecule has 5 unspecified atom stereocenters. The summed E-state index contributed by atoms with van der Waals surface area (Å²) >= 11 is 0. The first-order valence-electron chi connectivity index (χ1n) is 8.85. The normalized spacial score (nSPS) is 57.2. The van der Waals surface area contributed by atoms with Crippen LogP contribution < -0.4 is 0 Å². The number of aliphatic hydroxyl groups is 1. The lowest BCUT2D eigenvalue weighted by molar-refractivity contribution is -0.0675. The first kappa shape index (κ1) is 12.7. The highest BCUT2D eigenvalue weighted by molar-refractivity contribution is 5.03. The van der Waals surface area contributed by atoms with Gasteiger partial charge in [-0.2, -0.15) is 0 Å². The number of aliphatic hydroxyl groups excluding tert-OH is 1. The van der Waals surface area contributed by atoms with Crippen molar-refractivity contribution in [2.75, 3.05) is 0 Å². The van der Waals surface area contributed by atoms with Gasteiger partial charge in [0.1, 0.15) is 0 Å². The van der Waals surface area contributed by atoms with Gasteiger partial charge >= 0.3 is 0 Å². The van der Waals surface area contributed by atoms with Crippen LogP contribution in [0.25, 0.3) is 0 Å². The summed E-state index contributed by atoms with van der Waals surface area (Å²) in [6, 6.07) is 0. The zero-order valence-corrected chi connectivity index (χ0v) is 12.5. The standard InChI is InChI=1S/C18H30O/c1-18-9-2-3-17(18)16-6-4-12-11-13(19)5-7-14(12)15(16)8-10-18/h12-17,19H,2-11H2,1H3/t12?,13-,14?,15?,16?,17?,18-/m0/s1. The van der Waals surface area contributed by atoms with Gasteiger partial charge in [0.05, 0.1) is 6.10 Å². The number of hydrogen-bond donors (Lipinski definition) is 1. The molecule has 108 valence electrons. The maximum atomic E-state index is 9.94. The molecular formula is C18H30O. The van der Waals surface area contributed by atoms with Crippen LogP contribution in [0.5, 0.6) is 0 Å². The summed E-state index contributed by atoms with van der Waals surface area (Å²) < 4.78 is 0. The highest BCUT2D eigenvalue weighted by Gasteiger charge is 2.53. The Labute approximate surface area is 118 Å². The molecule has 0 amide bonds. The Bertz CT molecular complexity index is 352. The van der Waals surface area contributed by atoms with Gasteiger partial charge in [0, 0.05) is 0 Å². The Morgan fingerprint density at radius 3 is 2.58 bits per heavy atom. The predicted molar refractivity (Wildman–Crippen MR) is 77.7 cm³/mol. The molecule has 4 saturated carbocycles. The first-order chi connectivity index (χ1) is 9.17. The van der Waals surface area contributed by atoms with E-state index in [9.17, 15) is 5.11 Å². The second-order valence-corrected chi connectivity index (χ2v) is 8.49. The zero-order valence-electron chi connectivity index (χ0n) is 12.5. The van der Waals surface area contributed by atoms with E-state index in [2.05, 4.69) is 6.92 Å². The molecule has 4 aliphatic carbocycles. The molecule has 1 heteroatoms. The van der Waals surface area contributed by atoms with E-state index in [4.69, 9.17) is 0 Å². The Morgan fingerprint density at radius 1 is 0.842 bits per heavy atom. The number of hydrogen-bond acceptors (Lipinski definition) is 1. The quantitative estimate of drug-likeness (QED) is 0.686. The lowest BCUT2D eigenvalue weighted by Gasteiger charge is -2.55. The second kappa shape index (κ2) is 4.48. The molecule has 4 fully saturated rings. The van der Waals surface area contributed by atoms with Crippen molar-refractivity contribution in [3.63, 3.8) is 0 Å². The van der Waals surface area contributed by atoms with E-state index in [0.29, 0.717) is 5.41 Å². The fraction of sp³-hybridized carbons (Fsp3) is 1.00. The van der Waals surface area contributed by atoms with Crippen molar-refractivity contribution >= 4 is 0 Å². The molecule has 19 heavy (non-hydrogen) atoms. The van der Waals surface area contributed by atoms with Gasteiger partial charge in [0.25, 0.3) is 0 Å². The molecule has 0 heterocycles. The van der Waals surface area contributed by atoms with Gasteiger partial charge in [0.2, 0.25) is 0 Å². The predicted octanol–water partition coefficient (Wildman–Crippen LogP) is 4.39. The Balaban J connectivity index is 1.56. The van der Waals surface area contributed by atoms with E-state index in [1.165, 1.54) is 51.4 Å². The molecule has 1 nitrogen and oxygen atoms in total. The third kappa shape index (κ3) is 1.91. The summed E-state index contributed by atoms with van der Waals surface area (Å²) in [5.74, 6) is 4.99. The van der Waals surface area contributed by atoms with Crippen LogP contribution in [-0.2, 0) is 0 Å². The third-order valence-corrected chi connectivity index (χ3v) is 7.71. The van der Waals surface area contributed by atoms with E-state index >= 15 is 0 Å². The molecule has 0 aliphatic heterocycles. The summed E-state index contributed by atoms with van der Waals surface area (Å²) in [5, 5.41) is 9.94. The van der Waals surface area contributed by atoms with Gasteiger partial charge in [-0.15, -0.1) is 0 Å². The maximum absolute atomic E-state index is 9.94. The molecule has 0 spiro atoms. The lowest BCUT2D eigenvalue weighted by Crippen LogP contribution is -2.47. The number of fused-ring (bicyclic) bond motifs is 5. The van der Waals surface area contributed by atoms with Crippen LogP contribution in [0.1, 0.15) is 71.1 Å². The molecule has 1 N–H and O–H groups in total. The van der Waals surface area contributed by atoms with Gasteiger partial charge in [-0.3, -0.25) is 0 Å². The summed E-state index contributed by atoms with van der Waals surface area (Å²) in [5.41, 5.74) is 0.711. The summed E-state index contributed by atoms with van der Waals surface area (Å²) in [6.07, 6.45) is 14.0. The van der Waals surface area contributed by atoms with Gasteiger partial charge in [0.15, 0.2) is 0 Å². The number of rotatable bonds is 0. The van der Waals surface area contributed by atoms with Crippen LogP contribution in [0, 0.1) is 35.0 Å². The molecule has 0 aromatic rings. The van der Waals surface area contributed by atoms with Crippen molar-refractivity contribution in [1.29, 1.82) is 0 Å². The second-order valence-electron chi connectivity index (χ2n) is 8.49. The van der Waals surface area contributed by atoms with E-state index in [-0.39, 0.29) is 6.10 Å². The Kier molecular flexibility index (Phi) is 2.99. The molecule has 7 atom stereocenters. The molecule has 0 aromatic carbocycles. The fourth-order valence-electron chi connectivity index (χ4n) is 6.82. The van der Waals surface area contributed by atoms with Crippen LogP contribution >= 0.6 is 0 Å². The van der Waals surface area contributed by atoms with Crippen molar-refractivity contribution in [3.8, 4) is 0 Å². The van der Waals surface area contributed by atoms with Crippen molar-refractivity contribution < 1.29 is 5.11 Å². The van der Waals surface area contributed by atoms with Gasteiger partial charge in [-0.05, 0) is 92.8 Å². The van der Waals surface area contributed by atoms with Crippen molar-refractivity contribution in [2.24, 2.45) is 35.0 Å². The molecule has 0 bridgehead atoms. The van der Waals surface area contributed by atoms with Crippen molar-refractivity contribution in [3.05, 3.63) is 0 Å². The fourth-order valence-corrected chi connectivity index (χ4v) is 6.82. The maximum Gasteiger partial charge on any atom is 0.0543 e. The van der Waals surface area contributed by atoms with Crippen LogP contribution in [0.4, 0.5) is 0 Å². The Hall–Kier alpha value is -0.0400. The average molecular weight is 262 g/mol. The van der Waals surface area contributed by atoms with Gasteiger partial charge in [-0.25, -0.2) is 0 Å². The van der Waals surface area contributed by atoms with E-state index in [0.717, 1.165) is 42.4 Å². The highest BCUT2D eigenvalue weighted by atomic mass is 16.3. The van der Waals surface area contributed by atoms with Crippen molar-refractivity contribution in [1.82, 2.24) is 0 Å².